The normalized spacial score (nSPS) is 26.6. The number of urea groups is 1. The summed E-state index contributed by atoms with van der Waals surface area (Å²) in [5, 5.41) is 14.9. The van der Waals surface area contributed by atoms with Gasteiger partial charge in [-0.25, -0.2) is 4.79 Å². The summed E-state index contributed by atoms with van der Waals surface area (Å²) in [4.78, 5) is 12.1. The maximum Gasteiger partial charge on any atom is 0.315 e. The second-order valence-corrected chi connectivity index (χ2v) is 8.00. The van der Waals surface area contributed by atoms with Crippen molar-refractivity contribution in [3.63, 3.8) is 0 Å². The molecule has 3 rings (SSSR count). The van der Waals surface area contributed by atoms with Gasteiger partial charge in [-0.2, -0.15) is 0 Å². The van der Waals surface area contributed by atoms with Crippen LogP contribution >= 0.6 is 0 Å². The highest BCUT2D eigenvalue weighted by Crippen LogP contribution is 2.28. The van der Waals surface area contributed by atoms with E-state index in [1.165, 1.54) is 32.1 Å². The molecule has 1 fully saturated rings. The van der Waals surface area contributed by atoms with Crippen molar-refractivity contribution in [3.8, 4) is 0 Å². The summed E-state index contributed by atoms with van der Waals surface area (Å²) in [7, 11) is 0. The van der Waals surface area contributed by atoms with E-state index in [9.17, 15) is 4.79 Å². The first-order valence-corrected chi connectivity index (χ1v) is 10.1. The Morgan fingerprint density at radius 2 is 2.08 bits per heavy atom. The van der Waals surface area contributed by atoms with Gasteiger partial charge < -0.3 is 15.2 Å². The molecule has 6 heteroatoms. The highest BCUT2D eigenvalue weighted by atomic mass is 16.2. The topological polar surface area (TPSA) is 71.8 Å². The largest absolute Gasteiger partial charge is 0.338 e. The molecule has 2 N–H and O–H groups in total. The molecule has 2 amide bonds. The van der Waals surface area contributed by atoms with Gasteiger partial charge in [0.25, 0.3) is 0 Å². The quantitative estimate of drug-likeness (QED) is 0.804. The summed E-state index contributed by atoms with van der Waals surface area (Å²) in [6.07, 6.45) is 10.1. The van der Waals surface area contributed by atoms with Crippen LogP contribution in [0.5, 0.6) is 0 Å². The van der Waals surface area contributed by atoms with Gasteiger partial charge in [-0.1, -0.05) is 20.3 Å². The van der Waals surface area contributed by atoms with E-state index in [4.69, 9.17) is 0 Å². The van der Waals surface area contributed by atoms with Gasteiger partial charge in [0.15, 0.2) is 0 Å². The minimum atomic E-state index is -0.0218. The molecule has 1 saturated carbocycles. The van der Waals surface area contributed by atoms with Crippen LogP contribution in [-0.2, 0) is 19.4 Å². The number of hydrogen-bond donors (Lipinski definition) is 2. The predicted octanol–water partition coefficient (Wildman–Crippen LogP) is 3.06. The maximum atomic E-state index is 12.1. The number of hydrogen-bond acceptors (Lipinski definition) is 3. The molecular formula is C19H33N5O. The zero-order chi connectivity index (χ0) is 17.6. The third-order valence-electron chi connectivity index (χ3n) is 5.80. The molecule has 0 aromatic carbocycles. The highest BCUT2D eigenvalue weighted by Gasteiger charge is 2.26. The molecule has 2 heterocycles. The SMILES string of the molecule is C[C@H]1CC[C@@H](NC(=O)NCCCc2nnc3n2CCCCC3)[C@H](C)C1. The lowest BCUT2D eigenvalue weighted by molar-refractivity contribution is 0.206. The van der Waals surface area contributed by atoms with E-state index >= 15 is 0 Å². The fourth-order valence-electron chi connectivity index (χ4n) is 4.28. The lowest BCUT2D eigenvalue weighted by Crippen LogP contribution is -2.47. The van der Waals surface area contributed by atoms with Crippen LogP contribution in [0.25, 0.3) is 0 Å². The lowest BCUT2D eigenvalue weighted by atomic mass is 9.80. The van der Waals surface area contributed by atoms with Crippen LogP contribution in [0.2, 0.25) is 0 Å². The third-order valence-corrected chi connectivity index (χ3v) is 5.80. The van der Waals surface area contributed by atoms with E-state index < -0.39 is 0 Å². The molecule has 0 bridgehead atoms. The van der Waals surface area contributed by atoms with Gasteiger partial charge in [0.05, 0.1) is 0 Å². The molecule has 25 heavy (non-hydrogen) atoms. The monoisotopic (exact) mass is 347 g/mol. The molecule has 2 aliphatic rings. The molecule has 140 valence electrons. The predicted molar refractivity (Wildman–Crippen MR) is 98.4 cm³/mol. The maximum absolute atomic E-state index is 12.1. The zero-order valence-corrected chi connectivity index (χ0v) is 15.8. The Morgan fingerprint density at radius 3 is 2.92 bits per heavy atom. The second kappa shape index (κ2) is 8.68. The first-order valence-electron chi connectivity index (χ1n) is 10.1. The smallest absolute Gasteiger partial charge is 0.315 e. The lowest BCUT2D eigenvalue weighted by Gasteiger charge is -2.33. The zero-order valence-electron chi connectivity index (χ0n) is 15.8. The summed E-state index contributed by atoms with van der Waals surface area (Å²) in [6.45, 7) is 6.28. The number of aromatic nitrogens is 3. The molecule has 1 aromatic heterocycles. The molecule has 1 aliphatic carbocycles. The molecule has 0 unspecified atom stereocenters. The Kier molecular flexibility index (Phi) is 6.32. The fourth-order valence-corrected chi connectivity index (χ4v) is 4.28. The van der Waals surface area contributed by atoms with Gasteiger partial charge in [0.1, 0.15) is 11.6 Å². The molecule has 0 saturated heterocycles. The fraction of sp³-hybridized carbons (Fsp3) is 0.842. The van der Waals surface area contributed by atoms with E-state index in [0.29, 0.717) is 18.5 Å². The number of fused-ring (bicyclic) bond motifs is 1. The van der Waals surface area contributed by atoms with Crippen LogP contribution in [0.1, 0.15) is 70.4 Å². The Morgan fingerprint density at radius 1 is 1.20 bits per heavy atom. The first-order chi connectivity index (χ1) is 12.1. The van der Waals surface area contributed by atoms with Crippen LogP contribution in [0.15, 0.2) is 0 Å². The van der Waals surface area contributed by atoms with E-state index in [2.05, 4.69) is 39.2 Å². The molecule has 1 aromatic rings. The van der Waals surface area contributed by atoms with Crippen molar-refractivity contribution in [2.75, 3.05) is 6.54 Å². The van der Waals surface area contributed by atoms with Crippen molar-refractivity contribution in [1.29, 1.82) is 0 Å². The molecular weight excluding hydrogens is 314 g/mol. The van der Waals surface area contributed by atoms with E-state index in [-0.39, 0.29) is 6.03 Å². The molecule has 3 atom stereocenters. The van der Waals surface area contributed by atoms with E-state index in [1.807, 2.05) is 0 Å². The average molecular weight is 348 g/mol. The molecule has 0 spiro atoms. The van der Waals surface area contributed by atoms with Gasteiger partial charge in [-0.15, -0.1) is 10.2 Å². The van der Waals surface area contributed by atoms with Crippen molar-refractivity contribution >= 4 is 6.03 Å². The van der Waals surface area contributed by atoms with Crippen molar-refractivity contribution in [3.05, 3.63) is 11.6 Å². The summed E-state index contributed by atoms with van der Waals surface area (Å²) >= 11 is 0. The number of aryl methyl sites for hydroxylation is 2. The van der Waals surface area contributed by atoms with Gasteiger partial charge in [-0.05, 0) is 50.4 Å². The minimum absolute atomic E-state index is 0.0218. The second-order valence-electron chi connectivity index (χ2n) is 8.00. The number of nitrogens with one attached hydrogen (secondary N) is 2. The summed E-state index contributed by atoms with van der Waals surface area (Å²) in [6, 6.07) is 0.301. The van der Waals surface area contributed by atoms with Crippen molar-refractivity contribution in [2.45, 2.75) is 84.2 Å². The number of carbonyl (C=O) groups excluding carboxylic acids is 1. The van der Waals surface area contributed by atoms with Gasteiger partial charge in [0, 0.05) is 32.0 Å². The standard InChI is InChI=1S/C19H33N5O/c1-14-9-10-16(15(2)13-14)21-19(25)20-11-6-8-18-23-22-17-7-4-3-5-12-24(17)18/h14-16H,3-13H2,1-2H3,(H2,20,21,25)/t14-,15+,16+/m0/s1. The van der Waals surface area contributed by atoms with Crippen LogP contribution < -0.4 is 10.6 Å². The van der Waals surface area contributed by atoms with Gasteiger partial charge >= 0.3 is 6.03 Å². The molecule has 6 nitrogen and oxygen atoms in total. The van der Waals surface area contributed by atoms with Crippen LogP contribution in [0, 0.1) is 11.8 Å². The van der Waals surface area contributed by atoms with Crippen LogP contribution in [0.4, 0.5) is 4.79 Å². The highest BCUT2D eigenvalue weighted by molar-refractivity contribution is 5.74. The number of amides is 2. The van der Waals surface area contributed by atoms with Crippen LogP contribution in [-0.4, -0.2) is 33.4 Å². The Labute approximate surface area is 151 Å². The summed E-state index contributed by atoms with van der Waals surface area (Å²) in [5.74, 6) is 3.57. The summed E-state index contributed by atoms with van der Waals surface area (Å²) < 4.78 is 2.29. The van der Waals surface area contributed by atoms with E-state index in [0.717, 1.165) is 49.8 Å². The summed E-state index contributed by atoms with van der Waals surface area (Å²) in [5.41, 5.74) is 0. The third kappa shape index (κ3) is 4.95. The van der Waals surface area contributed by atoms with Crippen LogP contribution in [0.3, 0.4) is 0 Å². The van der Waals surface area contributed by atoms with Crippen molar-refractivity contribution < 1.29 is 4.79 Å². The number of rotatable bonds is 5. The van der Waals surface area contributed by atoms with Gasteiger partial charge in [0.2, 0.25) is 0 Å². The number of carbonyl (C=O) groups is 1. The van der Waals surface area contributed by atoms with Crippen molar-refractivity contribution in [1.82, 2.24) is 25.4 Å². The van der Waals surface area contributed by atoms with Crippen molar-refractivity contribution in [2.24, 2.45) is 11.8 Å². The first kappa shape index (κ1) is 18.2. The molecule has 0 radical (unpaired) electrons. The average Bonchev–Trinajstić information content (AvgIpc) is 2.81. The van der Waals surface area contributed by atoms with E-state index in [1.54, 1.807) is 0 Å². The minimum Gasteiger partial charge on any atom is -0.338 e. The number of nitrogens with zero attached hydrogens (tertiary/aromatic N) is 3. The Hall–Kier alpha value is -1.59. The van der Waals surface area contributed by atoms with Gasteiger partial charge in [-0.3, -0.25) is 0 Å². The Balaban J connectivity index is 1.37. The molecule has 1 aliphatic heterocycles. The Bertz CT molecular complexity index is 570.